The number of urea groups is 1. The molecule has 0 aromatic heterocycles. The lowest BCUT2D eigenvalue weighted by molar-refractivity contribution is -0.0149. The molecular weight excluding hydrogens is 628 g/mol. The van der Waals surface area contributed by atoms with Crippen molar-refractivity contribution in [3.8, 4) is 17.2 Å². The summed E-state index contributed by atoms with van der Waals surface area (Å²) in [7, 11) is 1.75. The first-order valence-corrected chi connectivity index (χ1v) is 16.7. The van der Waals surface area contributed by atoms with E-state index in [0.717, 1.165) is 19.3 Å². The van der Waals surface area contributed by atoms with Gasteiger partial charge in [0.25, 0.3) is 11.8 Å². The molecule has 0 saturated heterocycles. The predicted molar refractivity (Wildman–Crippen MR) is 185 cm³/mol. The lowest BCUT2D eigenvalue weighted by Gasteiger charge is -2.36. The second-order valence-corrected chi connectivity index (χ2v) is 12.7. The van der Waals surface area contributed by atoms with Crippen LogP contribution >= 0.6 is 0 Å². The molecule has 0 aliphatic carbocycles. The summed E-state index contributed by atoms with van der Waals surface area (Å²) in [6, 6.07) is 18.1. The second-order valence-electron chi connectivity index (χ2n) is 12.7. The molecule has 3 aromatic rings. The number of amides is 4. The monoisotopic (exact) mass is 674 g/mol. The van der Waals surface area contributed by atoms with Crippen LogP contribution in [0.15, 0.2) is 66.7 Å². The molecule has 0 bridgehead atoms. The van der Waals surface area contributed by atoms with Crippen LogP contribution in [0.5, 0.6) is 17.2 Å². The van der Waals surface area contributed by atoms with E-state index in [1.165, 1.54) is 0 Å². The number of aliphatic hydroxyl groups is 1. The maximum Gasteiger partial charge on any atom is 0.323 e. The quantitative estimate of drug-likeness (QED) is 0.293. The van der Waals surface area contributed by atoms with Crippen molar-refractivity contribution in [3.05, 3.63) is 77.9 Å². The minimum Gasteiger partial charge on any atom is -0.490 e. The van der Waals surface area contributed by atoms with Gasteiger partial charge in [0.2, 0.25) is 6.79 Å². The van der Waals surface area contributed by atoms with Crippen molar-refractivity contribution in [2.24, 2.45) is 5.92 Å². The predicted octanol–water partition coefficient (Wildman–Crippen LogP) is 5.63. The fourth-order valence-corrected chi connectivity index (χ4v) is 5.88. The minimum atomic E-state index is -0.539. The molecule has 2 heterocycles. The number of nitrogens with one attached hydrogen (secondary N) is 2. The molecule has 0 fully saturated rings. The Morgan fingerprint density at radius 1 is 0.959 bits per heavy atom. The summed E-state index contributed by atoms with van der Waals surface area (Å²) in [5, 5.41) is 15.8. The van der Waals surface area contributed by atoms with Crippen LogP contribution in [0, 0.1) is 5.92 Å². The van der Waals surface area contributed by atoms with Crippen molar-refractivity contribution in [1.29, 1.82) is 0 Å². The normalized spacial score (nSPS) is 20.3. The van der Waals surface area contributed by atoms with Gasteiger partial charge in [-0.2, -0.15) is 0 Å². The standard InChI is InChI=1S/C37H46N4O8/c1-24-20-41(25(2)22-42)36(44)30-18-28(38-37(45)39-29-14-16-32-33(19-29)48-23-47-32)13-15-31(30)49-26(3)10-8-9-17-46-34(24)21-40(4)35(43)27-11-6-5-7-12-27/h5-7,11-16,18-19,24-26,34,42H,8-10,17,20-23H2,1-4H3,(H2,38,39,45)/t24-,25+,26+,34+/m0/s1. The summed E-state index contributed by atoms with van der Waals surface area (Å²) < 4.78 is 23.4. The number of aliphatic hydroxyl groups excluding tert-OH is 1. The molecular formula is C37H46N4O8. The van der Waals surface area contributed by atoms with Gasteiger partial charge in [-0.15, -0.1) is 0 Å². The summed E-state index contributed by atoms with van der Waals surface area (Å²) in [6.07, 6.45) is 1.81. The summed E-state index contributed by atoms with van der Waals surface area (Å²) >= 11 is 0. The Balaban J connectivity index is 1.38. The van der Waals surface area contributed by atoms with E-state index in [2.05, 4.69) is 10.6 Å². The SMILES string of the molecule is C[C@@H]1CCCCO[C@H](CN(C)C(=O)c2ccccc2)[C@@H](C)CN([C@H](C)CO)C(=O)c2cc(NC(=O)Nc3ccc4c(c3)OCO4)ccc2O1. The van der Waals surface area contributed by atoms with E-state index < -0.39 is 12.1 Å². The van der Waals surface area contributed by atoms with Gasteiger partial charge in [-0.05, 0) is 75.6 Å². The van der Waals surface area contributed by atoms with Gasteiger partial charge in [0, 0.05) is 55.7 Å². The maximum absolute atomic E-state index is 14.4. The Kier molecular flexibility index (Phi) is 12.0. The van der Waals surface area contributed by atoms with E-state index >= 15 is 0 Å². The molecule has 0 spiro atoms. The van der Waals surface area contributed by atoms with Crippen LogP contribution < -0.4 is 24.8 Å². The molecule has 12 nitrogen and oxygen atoms in total. The third kappa shape index (κ3) is 9.21. The Bertz CT molecular complexity index is 1600. The Morgan fingerprint density at radius 3 is 2.39 bits per heavy atom. The van der Waals surface area contributed by atoms with E-state index in [9.17, 15) is 19.5 Å². The van der Waals surface area contributed by atoms with Crippen LogP contribution in [-0.2, 0) is 4.74 Å². The minimum absolute atomic E-state index is 0.116. The zero-order valence-corrected chi connectivity index (χ0v) is 28.5. The summed E-state index contributed by atoms with van der Waals surface area (Å²) in [6.45, 7) is 6.64. The van der Waals surface area contributed by atoms with Gasteiger partial charge in [0.05, 0.1) is 30.4 Å². The molecule has 262 valence electrons. The molecule has 3 N–H and O–H groups in total. The molecule has 0 unspecified atom stereocenters. The highest BCUT2D eigenvalue weighted by Crippen LogP contribution is 2.34. The Labute approximate surface area is 287 Å². The van der Waals surface area contributed by atoms with Crippen LogP contribution in [0.1, 0.15) is 60.7 Å². The molecule has 5 rings (SSSR count). The first kappa shape index (κ1) is 35.5. The number of benzene rings is 3. The van der Waals surface area contributed by atoms with Crippen molar-refractivity contribution in [2.45, 2.75) is 58.3 Å². The number of fused-ring (bicyclic) bond motifs is 2. The molecule has 49 heavy (non-hydrogen) atoms. The van der Waals surface area contributed by atoms with Crippen molar-refractivity contribution in [2.75, 3.05) is 50.8 Å². The number of hydrogen-bond donors (Lipinski definition) is 3. The topological polar surface area (TPSA) is 139 Å². The number of carbonyl (C=O) groups excluding carboxylic acids is 3. The molecule has 4 amide bonds. The molecule has 2 aliphatic heterocycles. The number of hydrogen-bond acceptors (Lipinski definition) is 8. The fraction of sp³-hybridized carbons (Fsp3) is 0.432. The summed E-state index contributed by atoms with van der Waals surface area (Å²) in [5.41, 5.74) is 1.74. The van der Waals surface area contributed by atoms with Crippen LogP contribution in [0.25, 0.3) is 0 Å². The van der Waals surface area contributed by atoms with Gasteiger partial charge in [-0.3, -0.25) is 9.59 Å². The largest absolute Gasteiger partial charge is 0.490 e. The molecule has 4 atom stereocenters. The zero-order chi connectivity index (χ0) is 34.9. The highest BCUT2D eigenvalue weighted by Gasteiger charge is 2.31. The van der Waals surface area contributed by atoms with E-state index in [-0.39, 0.29) is 55.4 Å². The van der Waals surface area contributed by atoms with Gasteiger partial charge < -0.3 is 44.5 Å². The zero-order valence-electron chi connectivity index (χ0n) is 28.5. The van der Waals surface area contributed by atoms with Gasteiger partial charge >= 0.3 is 6.03 Å². The average molecular weight is 675 g/mol. The van der Waals surface area contributed by atoms with Crippen molar-refractivity contribution in [1.82, 2.24) is 9.80 Å². The van der Waals surface area contributed by atoms with Crippen LogP contribution in [0.3, 0.4) is 0 Å². The summed E-state index contributed by atoms with van der Waals surface area (Å²) in [5.74, 6) is 0.848. The van der Waals surface area contributed by atoms with Gasteiger partial charge in [0.1, 0.15) is 5.75 Å². The molecule has 12 heteroatoms. The van der Waals surface area contributed by atoms with E-state index in [4.69, 9.17) is 18.9 Å². The highest BCUT2D eigenvalue weighted by molar-refractivity contribution is 6.02. The van der Waals surface area contributed by atoms with Gasteiger partial charge in [-0.1, -0.05) is 25.1 Å². The maximum atomic E-state index is 14.4. The summed E-state index contributed by atoms with van der Waals surface area (Å²) in [4.78, 5) is 43.8. The van der Waals surface area contributed by atoms with Gasteiger partial charge in [-0.25, -0.2) is 4.79 Å². The number of rotatable bonds is 7. The molecule has 3 aromatic carbocycles. The van der Waals surface area contributed by atoms with Crippen LogP contribution in [0.2, 0.25) is 0 Å². The number of anilines is 2. The smallest absolute Gasteiger partial charge is 0.323 e. The lowest BCUT2D eigenvalue weighted by atomic mass is 10.0. The van der Waals surface area contributed by atoms with Crippen molar-refractivity contribution in [3.63, 3.8) is 0 Å². The second kappa shape index (κ2) is 16.5. The van der Waals surface area contributed by atoms with Gasteiger partial charge in [0.15, 0.2) is 11.5 Å². The first-order chi connectivity index (χ1) is 23.6. The number of carbonyl (C=O) groups is 3. The van der Waals surface area contributed by atoms with Crippen LogP contribution in [-0.4, -0.2) is 91.1 Å². The number of likely N-dealkylation sites (N-methyl/N-ethyl adjacent to an activating group) is 1. The molecule has 0 radical (unpaired) electrons. The third-order valence-corrected chi connectivity index (χ3v) is 8.76. The Hall–Kier alpha value is -4.81. The van der Waals surface area contributed by atoms with Crippen molar-refractivity contribution >= 4 is 29.2 Å². The average Bonchev–Trinajstić information content (AvgIpc) is 3.57. The van der Waals surface area contributed by atoms with E-state index in [1.807, 2.05) is 32.0 Å². The number of ether oxygens (including phenoxy) is 4. The Morgan fingerprint density at radius 2 is 1.65 bits per heavy atom. The number of nitrogens with zero attached hydrogens (tertiary/aromatic N) is 2. The van der Waals surface area contributed by atoms with Crippen LogP contribution in [0.4, 0.5) is 16.2 Å². The highest BCUT2D eigenvalue weighted by atomic mass is 16.7. The lowest BCUT2D eigenvalue weighted by Crippen LogP contribution is -2.48. The van der Waals surface area contributed by atoms with Crippen molar-refractivity contribution < 1.29 is 38.4 Å². The third-order valence-electron chi connectivity index (χ3n) is 8.76. The van der Waals surface area contributed by atoms with E-state index in [1.54, 1.807) is 72.3 Å². The molecule has 2 aliphatic rings. The first-order valence-electron chi connectivity index (χ1n) is 16.7. The van der Waals surface area contributed by atoms with E-state index in [0.29, 0.717) is 47.3 Å². The molecule has 0 saturated carbocycles. The fourth-order valence-electron chi connectivity index (χ4n) is 5.88.